The lowest BCUT2D eigenvalue weighted by molar-refractivity contribution is -0.209. The van der Waals surface area contributed by atoms with Gasteiger partial charge in [-0.15, -0.1) is 0 Å². The van der Waals surface area contributed by atoms with E-state index in [2.05, 4.69) is 0 Å². The van der Waals surface area contributed by atoms with Crippen molar-refractivity contribution in [2.24, 2.45) is 11.7 Å². The normalized spacial score (nSPS) is 39.4. The molecule has 150 valence electrons. The van der Waals surface area contributed by atoms with Crippen LogP contribution in [-0.4, -0.2) is 71.1 Å². The Labute approximate surface area is 152 Å². The number of ether oxygens (including phenoxy) is 4. The maximum Gasteiger partial charge on any atom is 0.339 e. The summed E-state index contributed by atoms with van der Waals surface area (Å²) in [6.45, 7) is 6.87. The summed E-state index contributed by atoms with van der Waals surface area (Å²) in [6, 6.07) is -1.60. The number of esters is 2. The van der Waals surface area contributed by atoms with Crippen molar-refractivity contribution in [1.82, 2.24) is 0 Å². The van der Waals surface area contributed by atoms with Gasteiger partial charge in [-0.3, -0.25) is 0 Å². The first kappa shape index (κ1) is 21.0. The van der Waals surface area contributed by atoms with Crippen molar-refractivity contribution < 1.29 is 38.7 Å². The van der Waals surface area contributed by atoms with Crippen molar-refractivity contribution in [3.63, 3.8) is 0 Å². The number of nitrogens with two attached hydrogens (primary N) is 1. The molecule has 1 heterocycles. The van der Waals surface area contributed by atoms with Crippen LogP contribution in [0.4, 0.5) is 0 Å². The van der Waals surface area contributed by atoms with Crippen LogP contribution < -0.4 is 5.73 Å². The molecule has 0 aromatic heterocycles. The first-order valence-electron chi connectivity index (χ1n) is 8.86. The molecule has 2 aliphatic rings. The van der Waals surface area contributed by atoms with Gasteiger partial charge in [0.2, 0.25) is 0 Å². The van der Waals surface area contributed by atoms with Crippen molar-refractivity contribution in [3.05, 3.63) is 0 Å². The Balaban J connectivity index is 2.37. The molecule has 0 bridgehead atoms. The predicted molar refractivity (Wildman–Crippen MR) is 88.8 cm³/mol. The third kappa shape index (κ3) is 3.72. The zero-order valence-corrected chi connectivity index (χ0v) is 15.7. The molecule has 1 aliphatic carbocycles. The van der Waals surface area contributed by atoms with E-state index < -0.39 is 47.0 Å². The molecule has 0 spiro atoms. The second-order valence-electron chi connectivity index (χ2n) is 7.30. The Kier molecular flexibility index (Phi) is 5.99. The van der Waals surface area contributed by atoms with Gasteiger partial charge >= 0.3 is 11.9 Å². The Hall–Kier alpha value is -1.26. The molecular weight excluding hydrogens is 346 g/mol. The van der Waals surface area contributed by atoms with Gasteiger partial charge in [-0.2, -0.15) is 0 Å². The maximum absolute atomic E-state index is 12.4. The first-order valence-corrected chi connectivity index (χ1v) is 8.86. The zero-order chi connectivity index (χ0) is 19.8. The van der Waals surface area contributed by atoms with Gasteiger partial charge in [-0.05, 0) is 46.5 Å². The lowest BCUT2D eigenvalue weighted by Crippen LogP contribution is -2.72. The summed E-state index contributed by atoms with van der Waals surface area (Å²) in [4.78, 5) is 24.8. The minimum Gasteiger partial charge on any atom is -0.464 e. The molecule has 0 unspecified atom stereocenters. The van der Waals surface area contributed by atoms with Gasteiger partial charge < -0.3 is 34.9 Å². The zero-order valence-electron chi connectivity index (χ0n) is 15.7. The smallest absolute Gasteiger partial charge is 0.339 e. The summed E-state index contributed by atoms with van der Waals surface area (Å²) in [6.07, 6.45) is -0.781. The first-order chi connectivity index (χ1) is 12.0. The fourth-order valence-electron chi connectivity index (χ4n) is 3.66. The van der Waals surface area contributed by atoms with Crippen LogP contribution >= 0.6 is 0 Å². The van der Waals surface area contributed by atoms with Crippen LogP contribution in [0.25, 0.3) is 0 Å². The van der Waals surface area contributed by atoms with E-state index in [1.54, 1.807) is 27.7 Å². The average Bonchev–Trinajstić information content (AvgIpc) is 2.92. The second-order valence-corrected chi connectivity index (χ2v) is 7.30. The number of rotatable bonds is 5. The molecule has 2 fully saturated rings. The molecule has 9 heteroatoms. The highest BCUT2D eigenvalue weighted by molar-refractivity contribution is 5.86. The van der Waals surface area contributed by atoms with E-state index in [1.807, 2.05) is 0 Å². The van der Waals surface area contributed by atoms with E-state index in [1.165, 1.54) is 0 Å². The molecule has 26 heavy (non-hydrogen) atoms. The molecule has 5 atom stereocenters. The molecule has 1 saturated carbocycles. The minimum atomic E-state index is -2.25. The summed E-state index contributed by atoms with van der Waals surface area (Å²) >= 11 is 0. The molecule has 0 aromatic rings. The van der Waals surface area contributed by atoms with Crippen LogP contribution in [0.3, 0.4) is 0 Å². The summed E-state index contributed by atoms with van der Waals surface area (Å²) in [7, 11) is 0. The quantitative estimate of drug-likeness (QED) is 0.541. The number of carbonyl (C=O) groups is 2. The standard InChI is InChI=1S/C17H29NO8/c1-5-23-13(19)16(21)7-10(11-9-25-15(3,4)26-11)8-17(22,12(16)18)14(20)24-6-2/h10-12,21-22H,5-9,18H2,1-4H3/t10-,11-,12-,16-,17+/m1/s1. The Morgan fingerprint density at radius 2 is 1.54 bits per heavy atom. The van der Waals surface area contributed by atoms with Crippen LogP contribution in [0, 0.1) is 5.92 Å². The van der Waals surface area contributed by atoms with Crippen LogP contribution in [0.5, 0.6) is 0 Å². The lowest BCUT2D eigenvalue weighted by atomic mass is 9.65. The number of carbonyl (C=O) groups excluding carboxylic acids is 2. The fraction of sp³-hybridized carbons (Fsp3) is 0.882. The van der Waals surface area contributed by atoms with Crippen LogP contribution in [-0.2, 0) is 28.5 Å². The summed E-state index contributed by atoms with van der Waals surface area (Å²) < 4.78 is 21.2. The molecule has 1 aliphatic heterocycles. The fourth-order valence-corrected chi connectivity index (χ4v) is 3.66. The summed E-state index contributed by atoms with van der Waals surface area (Å²) in [5.74, 6) is -3.38. The largest absolute Gasteiger partial charge is 0.464 e. The van der Waals surface area contributed by atoms with Crippen molar-refractivity contribution in [1.29, 1.82) is 0 Å². The number of hydrogen-bond donors (Lipinski definition) is 3. The molecule has 2 rings (SSSR count). The van der Waals surface area contributed by atoms with Gasteiger partial charge in [0.05, 0.1) is 32.0 Å². The maximum atomic E-state index is 12.4. The van der Waals surface area contributed by atoms with Crippen molar-refractivity contribution in [2.75, 3.05) is 19.8 Å². The topological polar surface area (TPSA) is 138 Å². The van der Waals surface area contributed by atoms with Crippen molar-refractivity contribution in [3.8, 4) is 0 Å². The van der Waals surface area contributed by atoms with E-state index >= 15 is 0 Å². The van der Waals surface area contributed by atoms with Gasteiger partial charge in [0.1, 0.15) is 0 Å². The highest BCUT2D eigenvalue weighted by atomic mass is 16.7. The Morgan fingerprint density at radius 1 is 1.08 bits per heavy atom. The van der Waals surface area contributed by atoms with Crippen LogP contribution in [0.2, 0.25) is 0 Å². The van der Waals surface area contributed by atoms with Gasteiger partial charge in [-0.1, -0.05) is 0 Å². The summed E-state index contributed by atoms with van der Waals surface area (Å²) in [5, 5.41) is 22.0. The lowest BCUT2D eigenvalue weighted by Gasteiger charge is -2.48. The predicted octanol–water partition coefficient (Wildman–Crippen LogP) is -0.536. The van der Waals surface area contributed by atoms with E-state index in [4.69, 9.17) is 24.7 Å². The molecule has 0 radical (unpaired) electrons. The third-order valence-corrected chi connectivity index (χ3v) is 4.99. The number of aliphatic hydroxyl groups is 2. The van der Waals surface area contributed by atoms with Gasteiger partial charge in [0.15, 0.2) is 17.0 Å². The highest BCUT2D eigenvalue weighted by Crippen LogP contribution is 2.44. The van der Waals surface area contributed by atoms with E-state index in [0.717, 1.165) is 0 Å². The van der Waals surface area contributed by atoms with Crippen molar-refractivity contribution >= 4 is 11.9 Å². The van der Waals surface area contributed by atoms with Gasteiger partial charge in [0, 0.05) is 0 Å². The Morgan fingerprint density at radius 3 is 1.88 bits per heavy atom. The van der Waals surface area contributed by atoms with Gasteiger partial charge in [0.25, 0.3) is 0 Å². The molecule has 9 nitrogen and oxygen atoms in total. The van der Waals surface area contributed by atoms with Crippen LogP contribution in [0.15, 0.2) is 0 Å². The van der Waals surface area contributed by atoms with Gasteiger partial charge in [-0.25, -0.2) is 9.59 Å². The van der Waals surface area contributed by atoms with Crippen LogP contribution in [0.1, 0.15) is 40.5 Å². The van der Waals surface area contributed by atoms with E-state index in [-0.39, 0.29) is 32.7 Å². The number of hydrogen-bond acceptors (Lipinski definition) is 9. The molecule has 1 saturated heterocycles. The summed E-state index contributed by atoms with van der Waals surface area (Å²) in [5.41, 5.74) is 1.49. The SMILES string of the molecule is CCOC(=O)[C@]1(O)C[C@H]([C@H]2COC(C)(C)O2)C[C@](O)(C(=O)OCC)[C@H]1N. The molecule has 0 aromatic carbocycles. The monoisotopic (exact) mass is 375 g/mol. The Bertz CT molecular complexity index is 519. The molecular formula is C17H29NO8. The minimum absolute atomic E-state index is 0.0203. The van der Waals surface area contributed by atoms with E-state index in [0.29, 0.717) is 0 Å². The molecule has 4 N–H and O–H groups in total. The second kappa shape index (κ2) is 7.40. The third-order valence-electron chi connectivity index (χ3n) is 4.99. The highest BCUT2D eigenvalue weighted by Gasteiger charge is 2.64. The molecule has 0 amide bonds. The van der Waals surface area contributed by atoms with Crippen molar-refractivity contribution in [2.45, 2.75) is 69.7 Å². The van der Waals surface area contributed by atoms with E-state index in [9.17, 15) is 19.8 Å². The average molecular weight is 375 g/mol.